The largest absolute Gasteiger partial charge is 0.467 e. The predicted octanol–water partition coefficient (Wildman–Crippen LogP) is 5.05. The third-order valence-corrected chi connectivity index (χ3v) is 5.23. The van der Waals surface area contributed by atoms with Gasteiger partial charge >= 0.3 is 6.18 Å². The van der Waals surface area contributed by atoms with Gasteiger partial charge in [0.05, 0.1) is 17.0 Å². The van der Waals surface area contributed by atoms with Crippen molar-refractivity contribution in [1.29, 1.82) is 0 Å². The van der Waals surface area contributed by atoms with E-state index in [1.165, 1.54) is 25.2 Å². The summed E-state index contributed by atoms with van der Waals surface area (Å²) in [5, 5.41) is 6.45. The van der Waals surface area contributed by atoms with E-state index in [1.807, 2.05) is 30.3 Å². The molecule has 2 heterocycles. The zero-order valence-electron chi connectivity index (χ0n) is 18.2. The van der Waals surface area contributed by atoms with Crippen molar-refractivity contribution in [2.45, 2.75) is 19.1 Å². The van der Waals surface area contributed by atoms with Crippen LogP contribution in [0.4, 0.5) is 17.6 Å². The number of pyridine rings is 1. The summed E-state index contributed by atoms with van der Waals surface area (Å²) in [4.78, 5) is 16.4. The van der Waals surface area contributed by atoms with E-state index in [0.29, 0.717) is 6.07 Å². The number of nitrogens with one attached hydrogen (secondary N) is 1. The van der Waals surface area contributed by atoms with Crippen molar-refractivity contribution in [2.75, 3.05) is 6.61 Å². The summed E-state index contributed by atoms with van der Waals surface area (Å²) in [5.74, 6) is -1.63. The van der Waals surface area contributed by atoms with Crippen molar-refractivity contribution >= 4 is 16.9 Å². The van der Waals surface area contributed by atoms with Gasteiger partial charge in [-0.15, -0.1) is 0 Å². The van der Waals surface area contributed by atoms with Crippen molar-refractivity contribution in [2.24, 2.45) is 7.05 Å². The number of alkyl halides is 3. The van der Waals surface area contributed by atoms with Gasteiger partial charge in [-0.3, -0.25) is 4.79 Å². The molecule has 1 amide bonds. The summed E-state index contributed by atoms with van der Waals surface area (Å²) >= 11 is 0. The summed E-state index contributed by atoms with van der Waals surface area (Å²) in [7, 11) is 1.40. The van der Waals surface area contributed by atoms with E-state index < -0.39 is 36.0 Å². The minimum Gasteiger partial charge on any atom is -0.467 e. The Morgan fingerprint density at radius 3 is 2.47 bits per heavy atom. The maximum Gasteiger partial charge on any atom is 0.417 e. The molecule has 0 saturated heterocycles. The molecule has 2 aromatic carbocycles. The van der Waals surface area contributed by atoms with E-state index in [4.69, 9.17) is 4.74 Å². The first-order chi connectivity index (χ1) is 16.1. The molecule has 6 nitrogen and oxygen atoms in total. The SMILES string of the molecule is C[C@H](NC(=O)COc1cc(C(F)(F)F)c2c(-c3ccccc3F)nn(C)c2n1)c1ccccc1. The van der Waals surface area contributed by atoms with Crippen LogP contribution in [-0.2, 0) is 18.0 Å². The number of benzene rings is 2. The first-order valence-electron chi connectivity index (χ1n) is 10.3. The number of aryl methyl sites for hydroxylation is 1. The minimum atomic E-state index is -4.80. The van der Waals surface area contributed by atoms with Crippen LogP contribution in [0.2, 0.25) is 0 Å². The quantitative estimate of drug-likeness (QED) is 0.399. The third-order valence-electron chi connectivity index (χ3n) is 5.23. The first-order valence-corrected chi connectivity index (χ1v) is 10.3. The number of amides is 1. The number of carbonyl (C=O) groups excluding carboxylic acids is 1. The van der Waals surface area contributed by atoms with E-state index in [9.17, 15) is 22.4 Å². The lowest BCUT2D eigenvalue weighted by atomic mass is 10.0. The smallest absolute Gasteiger partial charge is 0.417 e. The number of halogens is 4. The second kappa shape index (κ2) is 9.12. The van der Waals surface area contributed by atoms with E-state index in [1.54, 1.807) is 6.92 Å². The number of aromatic nitrogens is 3. The van der Waals surface area contributed by atoms with Gasteiger partial charge in [-0.25, -0.2) is 9.07 Å². The zero-order chi connectivity index (χ0) is 24.5. The molecule has 0 aliphatic carbocycles. The first kappa shape index (κ1) is 23.2. The van der Waals surface area contributed by atoms with Crippen LogP contribution >= 0.6 is 0 Å². The Kier molecular flexibility index (Phi) is 6.23. The fourth-order valence-corrected chi connectivity index (χ4v) is 3.61. The van der Waals surface area contributed by atoms with E-state index in [0.717, 1.165) is 16.3 Å². The molecule has 0 fully saturated rings. The highest BCUT2D eigenvalue weighted by Crippen LogP contribution is 2.40. The lowest BCUT2D eigenvalue weighted by Crippen LogP contribution is -2.31. The molecule has 4 rings (SSSR count). The summed E-state index contributed by atoms with van der Waals surface area (Å²) in [5.41, 5.74) is -0.636. The average molecular weight is 472 g/mol. The number of nitrogens with zero attached hydrogens (tertiary/aromatic N) is 3. The molecular weight excluding hydrogens is 452 g/mol. The van der Waals surface area contributed by atoms with Gasteiger partial charge in [-0.05, 0) is 24.6 Å². The lowest BCUT2D eigenvalue weighted by Gasteiger charge is -2.15. The van der Waals surface area contributed by atoms with Gasteiger partial charge in [0.25, 0.3) is 5.91 Å². The van der Waals surface area contributed by atoms with Crippen LogP contribution in [0.15, 0.2) is 60.7 Å². The van der Waals surface area contributed by atoms with Gasteiger partial charge in [-0.2, -0.15) is 23.3 Å². The summed E-state index contributed by atoms with van der Waals surface area (Å²) in [6.07, 6.45) is -4.80. The number of hydrogen-bond donors (Lipinski definition) is 1. The maximum absolute atomic E-state index is 14.3. The van der Waals surface area contributed by atoms with Crippen LogP contribution in [0.1, 0.15) is 24.1 Å². The summed E-state index contributed by atoms with van der Waals surface area (Å²) < 4.78 is 62.7. The topological polar surface area (TPSA) is 69.0 Å². The number of carbonyl (C=O) groups is 1. The Morgan fingerprint density at radius 2 is 1.79 bits per heavy atom. The van der Waals surface area contributed by atoms with Gasteiger partial charge in [0.15, 0.2) is 12.3 Å². The summed E-state index contributed by atoms with van der Waals surface area (Å²) in [6.45, 7) is 1.24. The third kappa shape index (κ3) is 4.70. The molecule has 0 saturated carbocycles. The van der Waals surface area contributed by atoms with Crippen LogP contribution in [-0.4, -0.2) is 27.3 Å². The van der Waals surface area contributed by atoms with Gasteiger partial charge < -0.3 is 10.1 Å². The second-order valence-electron chi connectivity index (χ2n) is 7.65. The van der Waals surface area contributed by atoms with Gasteiger partial charge in [0, 0.05) is 18.7 Å². The Bertz CT molecular complexity index is 1340. The minimum absolute atomic E-state index is 0.0802. The van der Waals surface area contributed by atoms with Gasteiger partial charge in [-0.1, -0.05) is 42.5 Å². The van der Waals surface area contributed by atoms with Crippen LogP contribution < -0.4 is 10.1 Å². The molecule has 2 aromatic heterocycles. The van der Waals surface area contributed by atoms with E-state index >= 15 is 0 Å². The maximum atomic E-state index is 14.3. The normalized spacial score (nSPS) is 12.5. The molecule has 0 unspecified atom stereocenters. The van der Waals surface area contributed by atoms with Crippen LogP contribution in [0, 0.1) is 5.82 Å². The second-order valence-corrected chi connectivity index (χ2v) is 7.65. The number of ether oxygens (including phenoxy) is 1. The molecule has 1 atom stereocenters. The molecule has 0 bridgehead atoms. The molecule has 0 aliphatic heterocycles. The Balaban J connectivity index is 1.64. The van der Waals surface area contributed by atoms with Crippen molar-refractivity contribution in [3.8, 4) is 17.1 Å². The highest BCUT2D eigenvalue weighted by atomic mass is 19.4. The zero-order valence-corrected chi connectivity index (χ0v) is 18.2. The number of rotatable bonds is 6. The average Bonchev–Trinajstić information content (AvgIpc) is 3.13. The standard InChI is InChI=1S/C24H20F4N4O2/c1-14(15-8-4-3-5-9-15)29-19(33)13-34-20-12-17(24(26,27)28)21-22(31-32(2)23(21)30-20)16-10-6-7-11-18(16)25/h3-12,14H,13H2,1-2H3,(H,29,33)/t14-/m0/s1. The highest BCUT2D eigenvalue weighted by Gasteiger charge is 2.37. The summed E-state index contributed by atoms with van der Waals surface area (Å²) in [6, 6.07) is 15.0. The van der Waals surface area contributed by atoms with E-state index in [2.05, 4.69) is 15.4 Å². The molecule has 4 aromatic rings. The molecule has 0 radical (unpaired) electrons. The predicted molar refractivity (Wildman–Crippen MR) is 117 cm³/mol. The Labute approximate surface area is 192 Å². The van der Waals surface area contributed by atoms with Crippen molar-refractivity contribution in [3.63, 3.8) is 0 Å². The Hall–Kier alpha value is -3.95. The van der Waals surface area contributed by atoms with Gasteiger partial charge in [0.2, 0.25) is 5.88 Å². The molecule has 176 valence electrons. The van der Waals surface area contributed by atoms with E-state index in [-0.39, 0.29) is 28.3 Å². The van der Waals surface area contributed by atoms with Crippen LogP contribution in [0.25, 0.3) is 22.3 Å². The molecule has 0 aliphatic rings. The lowest BCUT2D eigenvalue weighted by molar-refractivity contribution is -0.136. The monoisotopic (exact) mass is 472 g/mol. The molecule has 0 spiro atoms. The fourth-order valence-electron chi connectivity index (χ4n) is 3.61. The fraction of sp³-hybridized carbons (Fsp3) is 0.208. The van der Waals surface area contributed by atoms with Crippen molar-refractivity contribution < 1.29 is 27.1 Å². The number of hydrogen-bond acceptors (Lipinski definition) is 4. The van der Waals surface area contributed by atoms with Crippen molar-refractivity contribution in [3.05, 3.63) is 77.6 Å². The molecule has 34 heavy (non-hydrogen) atoms. The highest BCUT2D eigenvalue weighted by molar-refractivity contribution is 5.95. The Morgan fingerprint density at radius 1 is 1.12 bits per heavy atom. The van der Waals surface area contributed by atoms with Crippen LogP contribution in [0.5, 0.6) is 5.88 Å². The van der Waals surface area contributed by atoms with Crippen LogP contribution in [0.3, 0.4) is 0 Å². The molecule has 1 N–H and O–H groups in total. The molecular formula is C24H20F4N4O2. The molecule has 10 heteroatoms. The number of fused-ring (bicyclic) bond motifs is 1. The van der Waals surface area contributed by atoms with Gasteiger partial charge in [0.1, 0.15) is 11.5 Å². The van der Waals surface area contributed by atoms with Crippen molar-refractivity contribution in [1.82, 2.24) is 20.1 Å².